The van der Waals surface area contributed by atoms with E-state index >= 15 is 0 Å². The third-order valence-electron chi connectivity index (χ3n) is 4.82. The largest absolute Gasteiger partial charge is 0.416 e. The molecule has 30 heavy (non-hydrogen) atoms. The lowest BCUT2D eigenvalue weighted by Crippen LogP contribution is -2.17. The fourth-order valence-electron chi connectivity index (χ4n) is 3.04. The first-order chi connectivity index (χ1) is 14.2. The molecule has 0 saturated carbocycles. The molecule has 0 radical (unpaired) electrons. The van der Waals surface area contributed by atoms with Crippen LogP contribution in [-0.4, -0.2) is 19.6 Å². The summed E-state index contributed by atoms with van der Waals surface area (Å²) in [5.41, 5.74) is 2.66. The molecule has 4 aromatic rings. The minimum Gasteiger partial charge on any atom is -0.379 e. The van der Waals surface area contributed by atoms with Crippen LogP contribution in [-0.2, 0) is 12.7 Å². The monoisotopic (exact) mass is 413 g/mol. The number of nitrogens with one attached hydrogen (secondary N) is 2. The van der Waals surface area contributed by atoms with Gasteiger partial charge in [0.25, 0.3) is 5.56 Å². The molecule has 0 aliphatic heterocycles. The van der Waals surface area contributed by atoms with Gasteiger partial charge in [0.2, 0.25) is 5.78 Å². The van der Waals surface area contributed by atoms with Crippen LogP contribution >= 0.6 is 0 Å². The maximum absolute atomic E-state index is 12.9. The van der Waals surface area contributed by atoms with Gasteiger partial charge in [0, 0.05) is 23.0 Å². The minimum atomic E-state index is -4.42. The van der Waals surface area contributed by atoms with Crippen LogP contribution in [0, 0.1) is 13.8 Å². The molecule has 0 spiro atoms. The number of rotatable bonds is 4. The highest BCUT2D eigenvalue weighted by molar-refractivity contribution is 5.59. The molecule has 0 amide bonds. The second-order valence-electron chi connectivity index (χ2n) is 7.03. The molecule has 0 fully saturated rings. The lowest BCUT2D eigenvalue weighted by Gasteiger charge is -2.10. The van der Waals surface area contributed by atoms with Crippen LogP contribution in [0.25, 0.3) is 17.2 Å². The average molecular weight is 413 g/mol. The van der Waals surface area contributed by atoms with E-state index in [-0.39, 0.29) is 17.9 Å². The van der Waals surface area contributed by atoms with Gasteiger partial charge in [-0.2, -0.15) is 22.7 Å². The van der Waals surface area contributed by atoms with Gasteiger partial charge in [-0.1, -0.05) is 18.2 Å². The summed E-state index contributed by atoms with van der Waals surface area (Å²) < 4.78 is 39.7. The number of H-pyrrole nitrogens is 1. The maximum Gasteiger partial charge on any atom is 0.416 e. The zero-order valence-electron chi connectivity index (χ0n) is 16.2. The van der Waals surface area contributed by atoms with Gasteiger partial charge in [0.1, 0.15) is 0 Å². The van der Waals surface area contributed by atoms with Crippen LogP contribution < -0.4 is 10.9 Å². The summed E-state index contributed by atoms with van der Waals surface area (Å²) in [4.78, 5) is 19.8. The molecule has 6 nitrogen and oxygen atoms in total. The number of nitrogens with zero attached hydrogens (tertiary/aromatic N) is 3. The summed E-state index contributed by atoms with van der Waals surface area (Å²) in [7, 11) is 0. The fraction of sp³-hybridized carbons (Fsp3) is 0.190. The highest BCUT2D eigenvalue weighted by Gasteiger charge is 2.30. The fourth-order valence-corrected chi connectivity index (χ4v) is 3.04. The van der Waals surface area contributed by atoms with Crippen molar-refractivity contribution in [3.05, 3.63) is 81.3 Å². The maximum atomic E-state index is 12.9. The molecule has 0 aliphatic carbocycles. The van der Waals surface area contributed by atoms with Crippen LogP contribution in [0.2, 0.25) is 0 Å². The van der Waals surface area contributed by atoms with Crippen molar-refractivity contribution in [1.29, 1.82) is 0 Å². The molecule has 0 unspecified atom stereocenters. The average Bonchev–Trinajstić information content (AvgIpc) is 3.13. The van der Waals surface area contributed by atoms with Crippen molar-refractivity contribution in [3.8, 4) is 11.4 Å². The Morgan fingerprint density at radius 3 is 2.60 bits per heavy atom. The second kappa shape index (κ2) is 7.33. The van der Waals surface area contributed by atoms with Crippen LogP contribution in [0.3, 0.4) is 0 Å². The number of alkyl halides is 3. The molecular weight excluding hydrogens is 395 g/mol. The predicted octanol–water partition coefficient (Wildman–Crippen LogP) is 4.33. The van der Waals surface area contributed by atoms with Crippen molar-refractivity contribution in [2.24, 2.45) is 0 Å². The quantitative estimate of drug-likeness (QED) is 0.522. The number of aromatic amines is 1. The van der Waals surface area contributed by atoms with Crippen LogP contribution in [0.4, 0.5) is 18.9 Å². The Balaban J connectivity index is 1.60. The van der Waals surface area contributed by atoms with E-state index in [9.17, 15) is 18.0 Å². The Morgan fingerprint density at radius 1 is 1.07 bits per heavy atom. The van der Waals surface area contributed by atoms with Crippen molar-refractivity contribution in [2.45, 2.75) is 26.6 Å². The van der Waals surface area contributed by atoms with Crippen molar-refractivity contribution < 1.29 is 13.2 Å². The van der Waals surface area contributed by atoms with E-state index in [1.165, 1.54) is 18.2 Å². The van der Waals surface area contributed by atoms with E-state index in [0.717, 1.165) is 33.3 Å². The summed E-state index contributed by atoms with van der Waals surface area (Å²) in [6.45, 7) is 4.11. The molecule has 4 rings (SSSR count). The van der Waals surface area contributed by atoms with Gasteiger partial charge in [0.05, 0.1) is 12.1 Å². The van der Waals surface area contributed by atoms with E-state index < -0.39 is 11.7 Å². The van der Waals surface area contributed by atoms with Crippen LogP contribution in [0.1, 0.15) is 22.4 Å². The molecular formula is C21H18F3N5O. The standard InChI is InChI=1S/C21H18F3N5O/c1-12-6-7-14(8-13(12)2)19-27-20-26-17(10-18(30)29(20)28-19)11-25-16-5-3-4-15(9-16)21(22,23)24/h3-10,25H,11H2,1-2H3,(H,26,27,28). The molecule has 2 aromatic carbocycles. The number of fused-ring (bicyclic) bond motifs is 1. The van der Waals surface area contributed by atoms with Gasteiger partial charge in [-0.15, -0.1) is 5.10 Å². The number of benzene rings is 2. The smallest absolute Gasteiger partial charge is 0.379 e. The van der Waals surface area contributed by atoms with Gasteiger partial charge < -0.3 is 10.3 Å². The summed E-state index contributed by atoms with van der Waals surface area (Å²) in [5, 5.41) is 7.16. The SMILES string of the molecule is Cc1ccc(-c2nc3[nH]c(CNc4cccc(C(F)(F)F)c4)cc(=O)n3n2)cc1C. The van der Waals surface area contributed by atoms with Gasteiger partial charge in [-0.3, -0.25) is 4.79 Å². The number of anilines is 1. The van der Waals surface area contributed by atoms with Gasteiger partial charge in [-0.05, 0) is 49.2 Å². The highest BCUT2D eigenvalue weighted by Crippen LogP contribution is 2.30. The topological polar surface area (TPSA) is 75.1 Å². The van der Waals surface area contributed by atoms with E-state index in [2.05, 4.69) is 20.4 Å². The number of halogens is 3. The zero-order chi connectivity index (χ0) is 21.5. The first-order valence-electron chi connectivity index (χ1n) is 9.18. The van der Waals surface area contributed by atoms with Crippen LogP contribution in [0.5, 0.6) is 0 Å². The Morgan fingerprint density at radius 2 is 1.87 bits per heavy atom. The van der Waals surface area contributed by atoms with E-state index in [4.69, 9.17) is 0 Å². The predicted molar refractivity (Wildman–Crippen MR) is 107 cm³/mol. The van der Waals surface area contributed by atoms with Gasteiger partial charge >= 0.3 is 6.18 Å². The molecule has 2 N–H and O–H groups in total. The summed E-state index contributed by atoms with van der Waals surface area (Å²) in [6, 6.07) is 12.0. The highest BCUT2D eigenvalue weighted by atomic mass is 19.4. The summed E-state index contributed by atoms with van der Waals surface area (Å²) >= 11 is 0. The molecule has 0 atom stereocenters. The number of hydrogen-bond donors (Lipinski definition) is 2. The van der Waals surface area contributed by atoms with Gasteiger partial charge in [0.15, 0.2) is 5.82 Å². The van der Waals surface area contributed by atoms with Crippen LogP contribution in [0.15, 0.2) is 53.3 Å². The van der Waals surface area contributed by atoms with Gasteiger partial charge in [-0.25, -0.2) is 0 Å². The number of aromatic nitrogens is 4. The lowest BCUT2D eigenvalue weighted by molar-refractivity contribution is -0.137. The third kappa shape index (κ3) is 3.91. The van der Waals surface area contributed by atoms with E-state index in [1.54, 1.807) is 0 Å². The number of hydrogen-bond acceptors (Lipinski definition) is 4. The lowest BCUT2D eigenvalue weighted by atomic mass is 10.1. The van der Waals surface area contributed by atoms with Crippen molar-refractivity contribution in [1.82, 2.24) is 19.6 Å². The van der Waals surface area contributed by atoms with E-state index in [1.807, 2.05) is 32.0 Å². The Bertz CT molecular complexity index is 1290. The molecule has 0 aliphatic rings. The van der Waals surface area contributed by atoms with E-state index in [0.29, 0.717) is 17.2 Å². The van der Waals surface area contributed by atoms with Crippen molar-refractivity contribution in [3.63, 3.8) is 0 Å². The third-order valence-corrected chi connectivity index (χ3v) is 4.82. The van der Waals surface area contributed by atoms with Crippen molar-refractivity contribution in [2.75, 3.05) is 5.32 Å². The molecule has 2 aromatic heterocycles. The molecule has 2 heterocycles. The summed E-state index contributed by atoms with van der Waals surface area (Å²) in [6.07, 6.45) is -4.42. The summed E-state index contributed by atoms with van der Waals surface area (Å²) in [5.74, 6) is 0.672. The normalized spacial score (nSPS) is 11.8. The first kappa shape index (κ1) is 19.7. The Labute approximate surface area is 169 Å². The van der Waals surface area contributed by atoms with Crippen molar-refractivity contribution >= 4 is 11.5 Å². The Hall–Kier alpha value is -3.62. The zero-order valence-corrected chi connectivity index (χ0v) is 16.2. The molecule has 0 saturated heterocycles. The number of aryl methyl sites for hydroxylation is 2. The molecule has 0 bridgehead atoms. The molecule has 154 valence electrons. The second-order valence-corrected chi connectivity index (χ2v) is 7.03. The minimum absolute atomic E-state index is 0.124. The molecule has 9 heteroatoms. The first-order valence-corrected chi connectivity index (χ1v) is 9.18. The Kier molecular flexibility index (Phi) is 4.81.